The Morgan fingerprint density at radius 3 is 2.69 bits per heavy atom. The molecular weight excluding hydrogens is 326 g/mol. The average Bonchev–Trinajstić information content (AvgIpc) is 2.92. The molecule has 1 unspecified atom stereocenters. The number of ether oxygens (including phenoxy) is 1. The van der Waals surface area contributed by atoms with Crippen molar-refractivity contribution >= 4 is 16.8 Å². The van der Waals surface area contributed by atoms with E-state index in [1.165, 1.54) is 5.56 Å². The normalized spacial score (nSPS) is 17.0. The Morgan fingerprint density at radius 1 is 1.27 bits per heavy atom. The van der Waals surface area contributed by atoms with Crippen molar-refractivity contribution in [2.45, 2.75) is 40.2 Å². The lowest BCUT2D eigenvalue weighted by Crippen LogP contribution is -2.49. The van der Waals surface area contributed by atoms with E-state index in [1.807, 2.05) is 18.2 Å². The minimum atomic E-state index is 0.00664. The number of morpholine rings is 1. The van der Waals surface area contributed by atoms with Crippen molar-refractivity contribution in [2.24, 2.45) is 5.92 Å². The molecule has 0 aliphatic carbocycles. The van der Waals surface area contributed by atoms with Crippen LogP contribution in [-0.2, 0) is 4.74 Å². The van der Waals surface area contributed by atoms with E-state index in [0.29, 0.717) is 18.5 Å². The van der Waals surface area contributed by atoms with Gasteiger partial charge in [0.1, 0.15) is 0 Å². The van der Waals surface area contributed by atoms with Crippen molar-refractivity contribution in [1.82, 2.24) is 15.2 Å². The summed E-state index contributed by atoms with van der Waals surface area (Å²) in [4.78, 5) is 18.5. The maximum Gasteiger partial charge on any atom is 0.251 e. The first-order chi connectivity index (χ1) is 12.5. The van der Waals surface area contributed by atoms with Crippen LogP contribution in [0.5, 0.6) is 0 Å². The predicted molar refractivity (Wildman–Crippen MR) is 106 cm³/mol. The van der Waals surface area contributed by atoms with Gasteiger partial charge in [-0.3, -0.25) is 9.69 Å². The number of fused-ring (bicyclic) bond motifs is 1. The second kappa shape index (κ2) is 8.23. The van der Waals surface area contributed by atoms with Gasteiger partial charge in [-0.2, -0.15) is 0 Å². The van der Waals surface area contributed by atoms with Crippen LogP contribution in [0, 0.1) is 19.8 Å². The first-order valence-electron chi connectivity index (χ1n) is 9.64. The Balaban J connectivity index is 1.68. The third kappa shape index (κ3) is 4.27. The number of hydrogen-bond acceptors (Lipinski definition) is 3. The Morgan fingerprint density at radius 2 is 2.00 bits per heavy atom. The van der Waals surface area contributed by atoms with Crippen molar-refractivity contribution in [3.8, 4) is 0 Å². The van der Waals surface area contributed by atoms with Gasteiger partial charge >= 0.3 is 0 Å². The molecule has 142 valence electrons. The van der Waals surface area contributed by atoms with Gasteiger partial charge in [0.2, 0.25) is 0 Å². The number of nitrogens with one attached hydrogen (secondary N) is 2. The number of rotatable bonds is 6. The molecule has 1 aromatic heterocycles. The number of amides is 1. The SMILES string of the molecule is Cc1[nH]c2ccc(C(=O)NCC(CC(C)C)N3CCOCC3)cc2c1C. The van der Waals surface area contributed by atoms with E-state index >= 15 is 0 Å². The zero-order valence-electron chi connectivity index (χ0n) is 16.4. The maximum atomic E-state index is 12.7. The fourth-order valence-corrected chi connectivity index (χ4v) is 3.76. The van der Waals surface area contributed by atoms with Gasteiger partial charge in [-0.25, -0.2) is 0 Å². The smallest absolute Gasteiger partial charge is 0.251 e. The summed E-state index contributed by atoms with van der Waals surface area (Å²) in [7, 11) is 0. The van der Waals surface area contributed by atoms with E-state index in [1.54, 1.807) is 0 Å². The van der Waals surface area contributed by atoms with Gasteiger partial charge < -0.3 is 15.0 Å². The number of hydrogen-bond donors (Lipinski definition) is 2. The molecule has 2 aromatic rings. The van der Waals surface area contributed by atoms with Crippen LogP contribution in [0.15, 0.2) is 18.2 Å². The van der Waals surface area contributed by atoms with Gasteiger partial charge in [0.05, 0.1) is 13.2 Å². The highest BCUT2D eigenvalue weighted by Gasteiger charge is 2.22. The fraction of sp³-hybridized carbons (Fsp3) is 0.571. The number of carbonyl (C=O) groups excluding carboxylic acids is 1. The molecule has 1 aromatic carbocycles. The first kappa shape index (κ1) is 18.9. The Labute approximate surface area is 156 Å². The van der Waals surface area contributed by atoms with E-state index in [0.717, 1.165) is 54.9 Å². The molecule has 1 aliphatic heterocycles. The minimum absolute atomic E-state index is 0.00664. The van der Waals surface area contributed by atoms with Gasteiger partial charge in [-0.05, 0) is 49.9 Å². The standard InChI is InChI=1S/C21H31N3O2/c1-14(2)11-18(24-7-9-26-10-8-24)13-22-21(25)17-5-6-20-19(12-17)15(3)16(4)23-20/h5-6,12,14,18,23H,7-11,13H2,1-4H3,(H,22,25). The van der Waals surface area contributed by atoms with Gasteiger partial charge in [-0.1, -0.05) is 13.8 Å². The largest absolute Gasteiger partial charge is 0.379 e. The highest BCUT2D eigenvalue weighted by atomic mass is 16.5. The number of nitrogens with zero attached hydrogens (tertiary/aromatic N) is 1. The fourth-order valence-electron chi connectivity index (χ4n) is 3.76. The summed E-state index contributed by atoms with van der Waals surface area (Å²) >= 11 is 0. The van der Waals surface area contributed by atoms with Crippen molar-refractivity contribution in [3.63, 3.8) is 0 Å². The molecule has 1 amide bonds. The van der Waals surface area contributed by atoms with Gasteiger partial charge in [0.25, 0.3) is 5.91 Å². The van der Waals surface area contributed by atoms with Crippen LogP contribution in [0.3, 0.4) is 0 Å². The van der Waals surface area contributed by atoms with Gasteiger partial charge in [0, 0.05) is 47.8 Å². The van der Waals surface area contributed by atoms with Crippen LogP contribution in [-0.4, -0.2) is 54.7 Å². The molecule has 26 heavy (non-hydrogen) atoms. The zero-order chi connectivity index (χ0) is 18.7. The number of aryl methyl sites for hydroxylation is 2. The monoisotopic (exact) mass is 357 g/mol. The maximum absolute atomic E-state index is 12.7. The highest BCUT2D eigenvalue weighted by molar-refractivity contribution is 5.99. The van der Waals surface area contributed by atoms with Crippen molar-refractivity contribution in [2.75, 3.05) is 32.8 Å². The van der Waals surface area contributed by atoms with Crippen molar-refractivity contribution < 1.29 is 9.53 Å². The highest BCUT2D eigenvalue weighted by Crippen LogP contribution is 2.22. The minimum Gasteiger partial charge on any atom is -0.379 e. The number of aromatic amines is 1. The average molecular weight is 357 g/mol. The van der Waals surface area contributed by atoms with Crippen molar-refractivity contribution in [1.29, 1.82) is 0 Å². The lowest BCUT2D eigenvalue weighted by molar-refractivity contribution is 0.0124. The summed E-state index contributed by atoms with van der Waals surface area (Å²) in [5.41, 5.74) is 4.18. The van der Waals surface area contributed by atoms with Gasteiger partial charge in [0.15, 0.2) is 0 Å². The van der Waals surface area contributed by atoms with Crippen LogP contribution >= 0.6 is 0 Å². The van der Waals surface area contributed by atoms with Crippen molar-refractivity contribution in [3.05, 3.63) is 35.0 Å². The zero-order valence-corrected chi connectivity index (χ0v) is 16.4. The topological polar surface area (TPSA) is 57.4 Å². The second-order valence-electron chi connectivity index (χ2n) is 7.78. The molecule has 0 radical (unpaired) electrons. The predicted octanol–water partition coefficient (Wildman–Crippen LogP) is 3.26. The third-order valence-corrected chi connectivity index (χ3v) is 5.37. The van der Waals surface area contributed by atoms with Gasteiger partial charge in [-0.15, -0.1) is 0 Å². The molecule has 5 nitrogen and oxygen atoms in total. The van der Waals surface area contributed by atoms with E-state index in [9.17, 15) is 4.79 Å². The molecule has 2 heterocycles. The van der Waals surface area contributed by atoms with E-state index in [-0.39, 0.29) is 5.91 Å². The van der Waals surface area contributed by atoms with Crippen LogP contribution in [0.4, 0.5) is 0 Å². The molecular formula is C21H31N3O2. The molecule has 0 bridgehead atoms. The number of carbonyl (C=O) groups is 1. The molecule has 1 fully saturated rings. The molecule has 0 saturated carbocycles. The van der Waals surface area contributed by atoms with E-state index in [4.69, 9.17) is 4.74 Å². The molecule has 1 saturated heterocycles. The third-order valence-electron chi connectivity index (χ3n) is 5.37. The number of H-pyrrole nitrogens is 1. The Hall–Kier alpha value is -1.85. The summed E-state index contributed by atoms with van der Waals surface area (Å²) in [6, 6.07) is 6.26. The molecule has 1 aliphatic rings. The molecule has 0 spiro atoms. The van der Waals surface area contributed by atoms with Crippen LogP contribution in [0.1, 0.15) is 41.9 Å². The Kier molecular flexibility index (Phi) is 5.99. The Bertz CT molecular complexity index is 760. The summed E-state index contributed by atoms with van der Waals surface area (Å²) in [6.07, 6.45) is 1.08. The van der Waals surface area contributed by atoms with E-state index < -0.39 is 0 Å². The summed E-state index contributed by atoms with van der Waals surface area (Å²) in [5, 5.41) is 4.29. The molecule has 3 rings (SSSR count). The van der Waals surface area contributed by atoms with Crippen LogP contribution < -0.4 is 5.32 Å². The second-order valence-corrected chi connectivity index (χ2v) is 7.78. The molecule has 2 N–H and O–H groups in total. The summed E-state index contributed by atoms with van der Waals surface area (Å²) < 4.78 is 5.47. The number of aromatic nitrogens is 1. The first-order valence-corrected chi connectivity index (χ1v) is 9.64. The summed E-state index contributed by atoms with van der Waals surface area (Å²) in [6.45, 7) is 12.8. The summed E-state index contributed by atoms with van der Waals surface area (Å²) in [5.74, 6) is 0.605. The lowest BCUT2D eigenvalue weighted by atomic mass is 10.0. The molecule has 1 atom stereocenters. The quantitative estimate of drug-likeness (QED) is 0.834. The lowest BCUT2D eigenvalue weighted by Gasteiger charge is -2.35. The van der Waals surface area contributed by atoms with E-state index in [2.05, 4.69) is 42.9 Å². The van der Waals surface area contributed by atoms with Crippen LogP contribution in [0.2, 0.25) is 0 Å². The number of benzene rings is 1. The molecule has 5 heteroatoms. The van der Waals surface area contributed by atoms with Crippen LogP contribution in [0.25, 0.3) is 10.9 Å².